The molecule has 1 saturated carbocycles. The maximum Gasteiger partial charge on any atom is 0.350 e. The highest BCUT2D eigenvalue weighted by Gasteiger charge is 2.40. The Bertz CT molecular complexity index is 2060. The Morgan fingerprint density at radius 2 is 1.14 bits per heavy atom. The Morgan fingerprint density at radius 1 is 0.679 bits per heavy atom. The Balaban J connectivity index is 1.49. The molecule has 0 bridgehead atoms. The van der Waals surface area contributed by atoms with Crippen LogP contribution >= 0.6 is 0 Å². The normalized spacial score (nSPS) is 20.2. The van der Waals surface area contributed by atoms with Crippen LogP contribution in [0.3, 0.4) is 0 Å². The Kier molecular flexibility index (Phi) is 11.7. The lowest BCUT2D eigenvalue weighted by Gasteiger charge is -2.32. The van der Waals surface area contributed by atoms with Crippen molar-refractivity contribution in [2.24, 2.45) is 11.7 Å². The molecule has 0 aromatic heterocycles. The minimum atomic E-state index is -1.41. The number of anilines is 2. The van der Waals surface area contributed by atoms with Gasteiger partial charge in [0, 0.05) is 73.7 Å². The first-order valence-corrected chi connectivity index (χ1v) is 19.2. The van der Waals surface area contributed by atoms with Crippen LogP contribution in [0.4, 0.5) is 11.4 Å². The first kappa shape index (κ1) is 39.8. The highest BCUT2D eigenvalue weighted by Crippen LogP contribution is 2.49. The molecule has 294 valence electrons. The van der Waals surface area contributed by atoms with E-state index in [1.807, 2.05) is 36.4 Å². The monoisotopic (exact) mass is 763 g/mol. The van der Waals surface area contributed by atoms with Crippen molar-refractivity contribution in [1.29, 1.82) is 0 Å². The number of unbranched alkanes of at least 4 members (excludes halogenated alkanes) is 2. The lowest BCUT2D eigenvalue weighted by atomic mass is 9.73. The van der Waals surface area contributed by atoms with Crippen LogP contribution in [0.5, 0.6) is 0 Å². The fraction of sp³-hybridized carbons (Fsp3) is 0.386. The zero-order chi connectivity index (χ0) is 40.2. The van der Waals surface area contributed by atoms with E-state index in [4.69, 9.17) is 24.7 Å². The van der Waals surface area contributed by atoms with Gasteiger partial charge in [0.25, 0.3) is 11.6 Å². The summed E-state index contributed by atoms with van der Waals surface area (Å²) in [7, 11) is 0. The number of benzene rings is 3. The average molecular weight is 764 g/mol. The molecule has 3 aromatic rings. The van der Waals surface area contributed by atoms with Crippen molar-refractivity contribution in [2.75, 3.05) is 10.6 Å². The number of cyclic esters (lactones) is 4. The molecule has 12 nitrogen and oxygen atoms in total. The fourth-order valence-electron chi connectivity index (χ4n) is 7.69. The number of carbonyl (C=O) groups is 5. The van der Waals surface area contributed by atoms with Crippen LogP contribution in [0.15, 0.2) is 84.2 Å². The summed E-state index contributed by atoms with van der Waals surface area (Å²) in [4.78, 5) is 64.7. The summed E-state index contributed by atoms with van der Waals surface area (Å²) in [6, 6.07) is 18.3. The van der Waals surface area contributed by atoms with E-state index in [0.717, 1.165) is 36.8 Å². The number of esters is 4. The topological polar surface area (TPSA) is 172 Å². The van der Waals surface area contributed by atoms with Crippen molar-refractivity contribution in [3.8, 4) is 22.3 Å². The molecular formula is C44H49N3O9. The molecule has 2 aliphatic heterocycles. The molecule has 3 aromatic carbocycles. The van der Waals surface area contributed by atoms with E-state index >= 15 is 0 Å². The molecule has 56 heavy (non-hydrogen) atoms. The molecule has 0 unspecified atom stereocenters. The van der Waals surface area contributed by atoms with Crippen LogP contribution in [-0.2, 0) is 38.1 Å². The first-order valence-electron chi connectivity index (χ1n) is 19.2. The first-order chi connectivity index (χ1) is 26.7. The Morgan fingerprint density at radius 3 is 1.61 bits per heavy atom. The lowest BCUT2D eigenvalue weighted by molar-refractivity contribution is -0.224. The zero-order valence-electron chi connectivity index (χ0n) is 32.5. The summed E-state index contributed by atoms with van der Waals surface area (Å²) in [6.45, 7) is 8.11. The number of nitrogens with two attached hydrogens (primary N) is 1. The minimum Gasteiger partial charge on any atom is -0.419 e. The number of carbonyl (C=O) groups excluding carboxylic acids is 5. The van der Waals surface area contributed by atoms with Crippen molar-refractivity contribution in [2.45, 2.75) is 103 Å². The van der Waals surface area contributed by atoms with Gasteiger partial charge in [-0.25, -0.2) is 19.2 Å². The lowest BCUT2D eigenvalue weighted by Crippen LogP contribution is -2.42. The van der Waals surface area contributed by atoms with Crippen LogP contribution in [0.1, 0.15) is 108 Å². The maximum atomic E-state index is 13.4. The maximum absolute atomic E-state index is 13.4. The van der Waals surface area contributed by atoms with Crippen molar-refractivity contribution in [3.05, 3.63) is 95.3 Å². The summed E-state index contributed by atoms with van der Waals surface area (Å²) < 4.78 is 21.2. The number of ether oxygens (including phenoxy) is 4. The van der Waals surface area contributed by atoms with Gasteiger partial charge in [-0.05, 0) is 66.8 Å². The molecule has 3 fully saturated rings. The molecule has 12 heteroatoms. The summed E-state index contributed by atoms with van der Waals surface area (Å²) >= 11 is 0. The smallest absolute Gasteiger partial charge is 0.350 e. The number of rotatable bonds is 12. The number of amides is 1. The van der Waals surface area contributed by atoms with Gasteiger partial charge in [0.1, 0.15) is 0 Å². The quantitative estimate of drug-likeness (QED) is 0.0702. The largest absolute Gasteiger partial charge is 0.419 e. The Labute approximate surface area is 326 Å². The van der Waals surface area contributed by atoms with Crippen LogP contribution in [0.25, 0.3) is 22.3 Å². The predicted octanol–water partition coefficient (Wildman–Crippen LogP) is 8.24. The number of hydrogen-bond acceptors (Lipinski definition) is 11. The Hall–Kier alpha value is -5.91. The zero-order valence-corrected chi connectivity index (χ0v) is 32.5. The molecule has 4 N–H and O–H groups in total. The van der Waals surface area contributed by atoms with Gasteiger partial charge >= 0.3 is 23.9 Å². The second-order valence-corrected chi connectivity index (χ2v) is 15.4. The van der Waals surface area contributed by atoms with Gasteiger partial charge in [-0.15, -0.1) is 0 Å². The van der Waals surface area contributed by atoms with E-state index in [-0.39, 0.29) is 22.6 Å². The summed E-state index contributed by atoms with van der Waals surface area (Å²) in [6.07, 6.45) is 11.4. The van der Waals surface area contributed by atoms with Gasteiger partial charge in [0.05, 0.1) is 0 Å². The van der Waals surface area contributed by atoms with Gasteiger partial charge in [-0.3, -0.25) is 4.79 Å². The van der Waals surface area contributed by atoms with Crippen molar-refractivity contribution >= 4 is 41.2 Å². The van der Waals surface area contributed by atoms with Crippen LogP contribution in [0, 0.1) is 5.92 Å². The fourth-order valence-corrected chi connectivity index (χ4v) is 7.69. The highest BCUT2D eigenvalue weighted by atomic mass is 16.7. The third-order valence-electron chi connectivity index (χ3n) is 10.4. The number of primary amides is 1. The van der Waals surface area contributed by atoms with Crippen molar-refractivity contribution in [3.63, 3.8) is 0 Å². The third kappa shape index (κ3) is 8.80. The van der Waals surface area contributed by atoms with E-state index in [2.05, 4.69) is 17.6 Å². The summed E-state index contributed by atoms with van der Waals surface area (Å²) in [5.74, 6) is -6.02. The molecule has 0 spiro atoms. The molecule has 2 saturated heterocycles. The second-order valence-electron chi connectivity index (χ2n) is 15.4. The molecule has 3 aliphatic rings. The number of nitrogens with one attached hydrogen (secondary N) is 2. The highest BCUT2D eigenvalue weighted by molar-refractivity contribution is 6.16. The predicted molar refractivity (Wildman–Crippen MR) is 211 cm³/mol. The van der Waals surface area contributed by atoms with E-state index in [9.17, 15) is 24.0 Å². The van der Waals surface area contributed by atoms with Crippen LogP contribution in [0.2, 0.25) is 0 Å². The number of para-hydroxylation sites is 2. The van der Waals surface area contributed by atoms with E-state index in [1.54, 1.807) is 24.3 Å². The van der Waals surface area contributed by atoms with Gasteiger partial charge in [-0.1, -0.05) is 75.1 Å². The molecule has 0 atom stereocenters. The number of hydrogen-bond donors (Lipinski definition) is 3. The second kappa shape index (κ2) is 16.4. The van der Waals surface area contributed by atoms with Gasteiger partial charge in [0.2, 0.25) is 5.91 Å². The molecule has 2 heterocycles. The molecular weight excluding hydrogens is 714 g/mol. The van der Waals surface area contributed by atoms with E-state index in [0.29, 0.717) is 34.0 Å². The summed E-state index contributed by atoms with van der Waals surface area (Å²) in [5.41, 5.74) is 10.2. The molecule has 6 rings (SSSR count). The van der Waals surface area contributed by atoms with Gasteiger partial charge < -0.3 is 35.3 Å². The average Bonchev–Trinajstić information content (AvgIpc) is 3.13. The van der Waals surface area contributed by atoms with Crippen molar-refractivity contribution < 1.29 is 42.9 Å². The summed E-state index contributed by atoms with van der Waals surface area (Å²) in [5, 5.41) is 6.25. The third-order valence-corrected chi connectivity index (χ3v) is 10.4. The minimum absolute atomic E-state index is 0.141. The van der Waals surface area contributed by atoms with E-state index < -0.39 is 41.4 Å². The van der Waals surface area contributed by atoms with Crippen molar-refractivity contribution in [1.82, 2.24) is 0 Å². The standard InChI is InChI=1S/C44H49N3O9/c1-6-7-8-13-26-18-20-27(21-19-26)28-22-23-31(38(45)48)37(30-15-10-12-17-35(30)47-25-33-41(51)55-44(4,5)56-42(33)52)36(28)29-14-9-11-16-34(29)46-24-32-39(49)53-43(2,3)54-40(32)50/h9-12,14-17,22-27,46-47H,6-8,13,18-21H2,1-5H3,(H2,45,48). The molecule has 1 aliphatic carbocycles. The van der Waals surface area contributed by atoms with Crippen LogP contribution < -0.4 is 16.4 Å². The molecule has 1 amide bonds. The molecule has 0 radical (unpaired) electrons. The van der Waals surface area contributed by atoms with E-state index in [1.165, 1.54) is 65.8 Å². The SMILES string of the molecule is CCCCCC1CCC(c2ccc(C(N)=O)c(-c3ccccc3NC=C3C(=O)OC(C)(C)OC3=O)c2-c2ccccc2NC=C2C(=O)OC(C)(C)OC2=O)CC1. The van der Waals surface area contributed by atoms with Gasteiger partial charge in [0.15, 0.2) is 11.1 Å². The van der Waals surface area contributed by atoms with Crippen LogP contribution in [-0.4, -0.2) is 41.4 Å². The van der Waals surface area contributed by atoms with Gasteiger partial charge in [-0.2, -0.15) is 0 Å².